The number of nitrogens with zero attached hydrogens (tertiary/aromatic N) is 2. The van der Waals surface area contributed by atoms with E-state index in [-0.39, 0.29) is 29.9 Å². The summed E-state index contributed by atoms with van der Waals surface area (Å²) in [5.74, 6) is 1.35. The lowest BCUT2D eigenvalue weighted by molar-refractivity contribution is 0.0954. The molecule has 1 saturated heterocycles. The minimum absolute atomic E-state index is 0. The first-order chi connectivity index (χ1) is 11.6. The molecule has 25 heavy (non-hydrogen) atoms. The van der Waals surface area contributed by atoms with Crippen LogP contribution in [0.15, 0.2) is 29.3 Å². The topological polar surface area (TPSA) is 66.0 Å². The molecule has 0 aromatic heterocycles. The average Bonchev–Trinajstić information content (AvgIpc) is 3.07. The molecule has 2 rings (SSSR count). The van der Waals surface area contributed by atoms with Gasteiger partial charge in [-0.25, -0.2) is 0 Å². The molecule has 0 bridgehead atoms. The average molecular weight is 460 g/mol. The maximum atomic E-state index is 12.1. The molecular weight excluding hydrogens is 431 g/mol. The second-order valence-corrected chi connectivity index (χ2v) is 6.21. The van der Waals surface area contributed by atoms with Crippen molar-refractivity contribution in [2.45, 2.75) is 13.3 Å². The van der Waals surface area contributed by atoms with Gasteiger partial charge >= 0.3 is 0 Å². The minimum Gasteiger partial charge on any atom is -0.381 e. The van der Waals surface area contributed by atoms with E-state index in [2.05, 4.69) is 20.5 Å². The standard InChI is InChI=1S/C18H28N4O2.HI/c1-14-5-4-6-16(11-14)17(23)20-8-9-21-18(19-2)22(3)12-15-7-10-24-13-15;/h4-6,11,15H,7-10,12-13H2,1-3H3,(H,19,21)(H,20,23);1H. The molecule has 7 heteroatoms. The molecule has 0 aliphatic carbocycles. The van der Waals surface area contributed by atoms with Crippen molar-refractivity contribution in [2.24, 2.45) is 10.9 Å². The number of hydrogen-bond acceptors (Lipinski definition) is 3. The Morgan fingerprint density at radius 3 is 2.76 bits per heavy atom. The van der Waals surface area contributed by atoms with Crippen LogP contribution in [0, 0.1) is 12.8 Å². The molecule has 1 aliphatic heterocycles. The van der Waals surface area contributed by atoms with E-state index in [9.17, 15) is 4.79 Å². The fourth-order valence-corrected chi connectivity index (χ4v) is 2.82. The van der Waals surface area contributed by atoms with Gasteiger partial charge in [0.15, 0.2) is 5.96 Å². The van der Waals surface area contributed by atoms with Crippen molar-refractivity contribution in [1.82, 2.24) is 15.5 Å². The van der Waals surface area contributed by atoms with Crippen LogP contribution in [0.1, 0.15) is 22.3 Å². The van der Waals surface area contributed by atoms with E-state index in [1.165, 1.54) is 0 Å². The van der Waals surface area contributed by atoms with E-state index in [1.54, 1.807) is 7.05 Å². The lowest BCUT2D eigenvalue weighted by atomic mass is 10.1. The van der Waals surface area contributed by atoms with Gasteiger partial charge in [-0.1, -0.05) is 17.7 Å². The van der Waals surface area contributed by atoms with Crippen LogP contribution in [-0.4, -0.2) is 63.7 Å². The summed E-state index contributed by atoms with van der Waals surface area (Å²) >= 11 is 0. The molecule has 1 atom stereocenters. The van der Waals surface area contributed by atoms with E-state index in [0.29, 0.717) is 24.6 Å². The second-order valence-electron chi connectivity index (χ2n) is 6.21. The fraction of sp³-hybridized carbons (Fsp3) is 0.556. The summed E-state index contributed by atoms with van der Waals surface area (Å²) in [4.78, 5) is 18.5. The molecule has 1 fully saturated rings. The van der Waals surface area contributed by atoms with Crippen LogP contribution in [0.3, 0.4) is 0 Å². The number of amides is 1. The number of nitrogens with one attached hydrogen (secondary N) is 2. The molecule has 1 aromatic carbocycles. The molecule has 0 spiro atoms. The second kappa shape index (κ2) is 11.3. The molecule has 0 radical (unpaired) electrons. The van der Waals surface area contributed by atoms with Gasteiger partial charge in [-0.05, 0) is 25.5 Å². The highest BCUT2D eigenvalue weighted by atomic mass is 127. The largest absolute Gasteiger partial charge is 0.381 e. The van der Waals surface area contributed by atoms with Crippen LogP contribution in [0.2, 0.25) is 0 Å². The summed E-state index contributed by atoms with van der Waals surface area (Å²) in [6.45, 7) is 5.77. The first-order valence-corrected chi connectivity index (χ1v) is 8.44. The van der Waals surface area contributed by atoms with Crippen LogP contribution in [0.4, 0.5) is 0 Å². The molecule has 0 saturated carbocycles. The third kappa shape index (κ3) is 7.19. The van der Waals surface area contributed by atoms with Gasteiger partial charge < -0.3 is 20.3 Å². The highest BCUT2D eigenvalue weighted by Gasteiger charge is 2.18. The first kappa shape index (κ1) is 21.7. The van der Waals surface area contributed by atoms with Crippen molar-refractivity contribution in [3.05, 3.63) is 35.4 Å². The van der Waals surface area contributed by atoms with Gasteiger partial charge in [-0.2, -0.15) is 0 Å². The van der Waals surface area contributed by atoms with Crippen LogP contribution in [-0.2, 0) is 4.74 Å². The van der Waals surface area contributed by atoms with Crippen molar-refractivity contribution in [1.29, 1.82) is 0 Å². The summed E-state index contributed by atoms with van der Waals surface area (Å²) in [5, 5.41) is 6.20. The van der Waals surface area contributed by atoms with Gasteiger partial charge in [0.1, 0.15) is 0 Å². The molecule has 1 aliphatic rings. The summed E-state index contributed by atoms with van der Waals surface area (Å²) in [5.41, 5.74) is 1.77. The highest BCUT2D eigenvalue weighted by Crippen LogP contribution is 2.13. The zero-order chi connectivity index (χ0) is 17.4. The van der Waals surface area contributed by atoms with E-state index in [0.717, 1.165) is 37.7 Å². The number of ether oxygens (including phenoxy) is 1. The molecular formula is C18H29IN4O2. The van der Waals surface area contributed by atoms with Gasteiger partial charge in [0.05, 0.1) is 6.61 Å². The SMILES string of the molecule is CN=C(NCCNC(=O)c1cccc(C)c1)N(C)CC1CCOC1.I. The summed E-state index contributed by atoms with van der Waals surface area (Å²) in [6.07, 6.45) is 1.11. The van der Waals surface area contributed by atoms with Crippen LogP contribution in [0.25, 0.3) is 0 Å². The predicted octanol–water partition coefficient (Wildman–Crippen LogP) is 1.89. The molecule has 2 N–H and O–H groups in total. The van der Waals surface area contributed by atoms with Crippen LogP contribution < -0.4 is 10.6 Å². The van der Waals surface area contributed by atoms with Crippen molar-refractivity contribution in [3.8, 4) is 0 Å². The van der Waals surface area contributed by atoms with Crippen molar-refractivity contribution in [3.63, 3.8) is 0 Å². The number of aliphatic imine (C=N–C) groups is 1. The molecule has 1 amide bonds. The van der Waals surface area contributed by atoms with Gasteiger partial charge in [0.2, 0.25) is 0 Å². The zero-order valence-electron chi connectivity index (χ0n) is 15.2. The van der Waals surface area contributed by atoms with Gasteiger partial charge in [-0.3, -0.25) is 9.79 Å². The van der Waals surface area contributed by atoms with E-state index >= 15 is 0 Å². The Balaban J connectivity index is 0.00000312. The molecule has 1 heterocycles. The van der Waals surface area contributed by atoms with Crippen molar-refractivity contribution in [2.75, 3.05) is 46.9 Å². The van der Waals surface area contributed by atoms with E-state index in [4.69, 9.17) is 4.74 Å². The fourth-order valence-electron chi connectivity index (χ4n) is 2.82. The minimum atomic E-state index is -0.0491. The Labute approximate surface area is 167 Å². The Morgan fingerprint density at radius 2 is 2.12 bits per heavy atom. The number of carbonyl (C=O) groups excluding carboxylic acids is 1. The number of benzene rings is 1. The Bertz CT molecular complexity index is 574. The van der Waals surface area contributed by atoms with Crippen LogP contribution >= 0.6 is 24.0 Å². The van der Waals surface area contributed by atoms with Gasteiger partial charge in [0.25, 0.3) is 5.91 Å². The Morgan fingerprint density at radius 1 is 1.36 bits per heavy atom. The number of guanidine groups is 1. The maximum Gasteiger partial charge on any atom is 0.251 e. The molecule has 1 aromatic rings. The third-order valence-electron chi connectivity index (χ3n) is 4.10. The van der Waals surface area contributed by atoms with E-state index < -0.39 is 0 Å². The summed E-state index contributed by atoms with van der Waals surface area (Å²) < 4.78 is 5.41. The molecule has 1 unspecified atom stereocenters. The number of carbonyl (C=O) groups is 1. The predicted molar refractivity (Wildman–Crippen MR) is 112 cm³/mol. The molecule has 140 valence electrons. The zero-order valence-corrected chi connectivity index (χ0v) is 17.6. The number of rotatable bonds is 6. The lowest BCUT2D eigenvalue weighted by Crippen LogP contribution is -2.44. The Hall–Kier alpha value is -1.35. The number of halogens is 1. The summed E-state index contributed by atoms with van der Waals surface area (Å²) in [6, 6.07) is 7.59. The number of hydrogen-bond donors (Lipinski definition) is 2. The van der Waals surface area contributed by atoms with Gasteiger partial charge in [-0.15, -0.1) is 24.0 Å². The highest BCUT2D eigenvalue weighted by molar-refractivity contribution is 14.0. The van der Waals surface area contributed by atoms with Crippen molar-refractivity contribution >= 4 is 35.8 Å². The molecule has 6 nitrogen and oxygen atoms in total. The maximum absolute atomic E-state index is 12.1. The van der Waals surface area contributed by atoms with Crippen molar-refractivity contribution < 1.29 is 9.53 Å². The Kier molecular flexibility index (Phi) is 9.81. The smallest absolute Gasteiger partial charge is 0.251 e. The monoisotopic (exact) mass is 460 g/mol. The van der Waals surface area contributed by atoms with Gasteiger partial charge in [0, 0.05) is 51.8 Å². The quantitative estimate of drug-likeness (QED) is 0.295. The first-order valence-electron chi connectivity index (χ1n) is 8.44. The third-order valence-corrected chi connectivity index (χ3v) is 4.10. The number of aryl methyl sites for hydroxylation is 1. The van der Waals surface area contributed by atoms with Crippen LogP contribution in [0.5, 0.6) is 0 Å². The summed E-state index contributed by atoms with van der Waals surface area (Å²) in [7, 11) is 3.80. The van der Waals surface area contributed by atoms with E-state index in [1.807, 2.05) is 38.2 Å². The normalized spacial score (nSPS) is 16.9. The lowest BCUT2D eigenvalue weighted by Gasteiger charge is -2.24.